The fraction of sp³-hybridized carbons (Fsp3) is 0.261. The summed E-state index contributed by atoms with van der Waals surface area (Å²) >= 11 is 7.26. The monoisotopic (exact) mass is 485 g/mol. The van der Waals surface area contributed by atoms with E-state index in [0.29, 0.717) is 35.1 Å². The number of aromatic nitrogens is 3. The molecule has 3 aromatic heterocycles. The van der Waals surface area contributed by atoms with Gasteiger partial charge >= 0.3 is 0 Å². The number of aromatic amines is 1. The van der Waals surface area contributed by atoms with Gasteiger partial charge < -0.3 is 15.0 Å². The molecule has 0 saturated carbocycles. The first-order valence-electron chi connectivity index (χ1n) is 10.3. The molecule has 33 heavy (non-hydrogen) atoms. The van der Waals surface area contributed by atoms with Crippen molar-refractivity contribution in [2.24, 2.45) is 7.05 Å². The average Bonchev–Trinajstić information content (AvgIpc) is 3.46. The molecule has 0 spiro atoms. The van der Waals surface area contributed by atoms with E-state index >= 15 is 0 Å². The van der Waals surface area contributed by atoms with Crippen LogP contribution >= 0.6 is 22.9 Å². The molecule has 10 heteroatoms. The van der Waals surface area contributed by atoms with Gasteiger partial charge in [-0.2, -0.15) is 5.10 Å². The minimum Gasteiger partial charge on any atom is -0.385 e. The summed E-state index contributed by atoms with van der Waals surface area (Å²) in [5, 5.41) is 20.4. The van der Waals surface area contributed by atoms with Gasteiger partial charge in [-0.1, -0.05) is 23.7 Å². The van der Waals surface area contributed by atoms with Crippen LogP contribution in [0.15, 0.2) is 53.6 Å². The molecule has 172 valence electrons. The molecule has 3 heterocycles. The van der Waals surface area contributed by atoms with Gasteiger partial charge in [-0.05, 0) is 36.9 Å². The van der Waals surface area contributed by atoms with Crippen molar-refractivity contribution >= 4 is 39.1 Å². The summed E-state index contributed by atoms with van der Waals surface area (Å²) in [6.07, 6.45) is 2.49. The molecule has 0 aliphatic carbocycles. The van der Waals surface area contributed by atoms with E-state index in [2.05, 4.69) is 15.5 Å². The number of likely N-dealkylation sites (N-methyl/N-ethyl adjacent to an activating group) is 1. The SMILES string of the molecule is CN(Cc1cc2c(s1)c(=O)c(C(=O)NCc1ccc(Cl)cc1)cn2C)CC(O)c1ccn[nH]1. The van der Waals surface area contributed by atoms with Crippen LogP contribution in [0.1, 0.15) is 32.6 Å². The number of carbonyl (C=O) groups is 1. The van der Waals surface area contributed by atoms with Crippen LogP contribution in [0, 0.1) is 0 Å². The number of pyridine rings is 1. The predicted molar refractivity (Wildman–Crippen MR) is 130 cm³/mol. The van der Waals surface area contributed by atoms with E-state index in [4.69, 9.17) is 11.6 Å². The molecule has 1 amide bonds. The molecule has 0 radical (unpaired) electrons. The number of hydrogen-bond donors (Lipinski definition) is 3. The number of nitrogens with zero attached hydrogens (tertiary/aromatic N) is 3. The number of rotatable bonds is 8. The maximum Gasteiger partial charge on any atom is 0.257 e. The van der Waals surface area contributed by atoms with Crippen molar-refractivity contribution in [2.45, 2.75) is 19.2 Å². The van der Waals surface area contributed by atoms with E-state index in [-0.39, 0.29) is 11.0 Å². The van der Waals surface area contributed by atoms with Crippen molar-refractivity contribution in [1.29, 1.82) is 0 Å². The van der Waals surface area contributed by atoms with E-state index in [9.17, 15) is 14.7 Å². The molecule has 1 atom stereocenters. The van der Waals surface area contributed by atoms with Crippen LogP contribution in [-0.2, 0) is 20.1 Å². The second-order valence-electron chi connectivity index (χ2n) is 7.94. The molecule has 1 unspecified atom stereocenters. The summed E-state index contributed by atoms with van der Waals surface area (Å²) in [7, 11) is 3.72. The number of benzene rings is 1. The van der Waals surface area contributed by atoms with Crippen LogP contribution in [0.4, 0.5) is 0 Å². The van der Waals surface area contributed by atoms with Crippen molar-refractivity contribution in [1.82, 2.24) is 25.0 Å². The third-order valence-corrected chi connectivity index (χ3v) is 6.68. The Morgan fingerprint density at radius 3 is 2.79 bits per heavy atom. The van der Waals surface area contributed by atoms with Crippen LogP contribution in [0.5, 0.6) is 0 Å². The first-order valence-corrected chi connectivity index (χ1v) is 11.5. The summed E-state index contributed by atoms with van der Waals surface area (Å²) in [6, 6.07) is 10.9. The van der Waals surface area contributed by atoms with Crippen molar-refractivity contribution in [2.75, 3.05) is 13.6 Å². The van der Waals surface area contributed by atoms with Gasteiger partial charge in [0.1, 0.15) is 11.7 Å². The summed E-state index contributed by atoms with van der Waals surface area (Å²) in [5.41, 5.74) is 2.14. The Hall–Kier alpha value is -2.98. The van der Waals surface area contributed by atoms with Crippen LogP contribution in [-0.4, -0.2) is 44.3 Å². The quantitative estimate of drug-likeness (QED) is 0.356. The third-order valence-electron chi connectivity index (χ3n) is 5.32. The molecule has 0 fully saturated rings. The molecule has 0 aliphatic rings. The van der Waals surface area contributed by atoms with Crippen molar-refractivity contribution in [3.8, 4) is 0 Å². The van der Waals surface area contributed by atoms with Crippen molar-refractivity contribution < 1.29 is 9.90 Å². The molecule has 0 saturated heterocycles. The second kappa shape index (κ2) is 9.88. The average molecular weight is 486 g/mol. The topological polar surface area (TPSA) is 103 Å². The van der Waals surface area contributed by atoms with E-state index in [0.717, 1.165) is 16.0 Å². The van der Waals surface area contributed by atoms with Crippen LogP contribution in [0.25, 0.3) is 10.2 Å². The van der Waals surface area contributed by atoms with E-state index in [1.165, 1.54) is 11.3 Å². The fourth-order valence-corrected chi connectivity index (χ4v) is 4.95. The number of aliphatic hydroxyl groups is 1. The zero-order valence-electron chi connectivity index (χ0n) is 18.2. The molecule has 4 rings (SSSR count). The number of nitrogens with one attached hydrogen (secondary N) is 2. The lowest BCUT2D eigenvalue weighted by atomic mass is 10.2. The summed E-state index contributed by atoms with van der Waals surface area (Å²) in [5.74, 6) is -0.415. The molecule has 4 aromatic rings. The fourth-order valence-electron chi connectivity index (χ4n) is 3.60. The first-order chi connectivity index (χ1) is 15.8. The number of carbonyl (C=O) groups excluding carboxylic acids is 1. The van der Waals surface area contributed by atoms with Crippen LogP contribution in [0.3, 0.4) is 0 Å². The van der Waals surface area contributed by atoms with Gasteiger partial charge in [0, 0.05) is 49.0 Å². The third kappa shape index (κ3) is 5.33. The predicted octanol–water partition coefficient (Wildman–Crippen LogP) is 3.07. The normalized spacial score (nSPS) is 12.4. The highest BCUT2D eigenvalue weighted by Crippen LogP contribution is 2.25. The lowest BCUT2D eigenvalue weighted by Gasteiger charge is -2.18. The number of amides is 1. The molecular weight excluding hydrogens is 462 g/mol. The van der Waals surface area contributed by atoms with Crippen LogP contribution < -0.4 is 10.7 Å². The van der Waals surface area contributed by atoms with Gasteiger partial charge in [-0.15, -0.1) is 11.3 Å². The van der Waals surface area contributed by atoms with Gasteiger partial charge in [0.25, 0.3) is 5.91 Å². The molecule has 0 aliphatic heterocycles. The molecule has 0 bridgehead atoms. The summed E-state index contributed by atoms with van der Waals surface area (Å²) < 4.78 is 2.34. The zero-order chi connectivity index (χ0) is 23.5. The number of aryl methyl sites for hydroxylation is 1. The lowest BCUT2D eigenvalue weighted by Crippen LogP contribution is -2.29. The lowest BCUT2D eigenvalue weighted by molar-refractivity contribution is 0.0949. The summed E-state index contributed by atoms with van der Waals surface area (Å²) in [6.45, 7) is 1.27. The Labute approximate surface area is 199 Å². The van der Waals surface area contributed by atoms with Gasteiger partial charge in [-0.25, -0.2) is 0 Å². The van der Waals surface area contributed by atoms with E-state index < -0.39 is 12.0 Å². The highest BCUT2D eigenvalue weighted by Gasteiger charge is 2.18. The Morgan fingerprint density at radius 1 is 1.33 bits per heavy atom. The van der Waals surface area contributed by atoms with Gasteiger partial charge in [-0.3, -0.25) is 19.6 Å². The number of thiophene rings is 1. The van der Waals surface area contributed by atoms with Gasteiger partial charge in [0.05, 0.1) is 15.9 Å². The minimum atomic E-state index is -0.686. The Kier molecular flexibility index (Phi) is 6.94. The largest absolute Gasteiger partial charge is 0.385 e. The Bertz CT molecular complexity index is 1310. The first kappa shape index (κ1) is 23.2. The highest BCUT2D eigenvalue weighted by molar-refractivity contribution is 7.19. The maximum atomic E-state index is 13.1. The van der Waals surface area contributed by atoms with Crippen LogP contribution in [0.2, 0.25) is 5.02 Å². The number of hydrogen-bond acceptors (Lipinski definition) is 6. The second-order valence-corrected chi connectivity index (χ2v) is 9.52. The highest BCUT2D eigenvalue weighted by atomic mass is 35.5. The number of aliphatic hydroxyl groups excluding tert-OH is 1. The molecular formula is C23H24ClN5O3S. The Balaban J connectivity index is 1.49. The molecule has 8 nitrogen and oxygen atoms in total. The van der Waals surface area contributed by atoms with Gasteiger partial charge in [0.15, 0.2) is 0 Å². The zero-order valence-corrected chi connectivity index (χ0v) is 19.8. The van der Waals surface area contributed by atoms with E-state index in [1.807, 2.05) is 37.2 Å². The van der Waals surface area contributed by atoms with Gasteiger partial charge in [0.2, 0.25) is 5.43 Å². The van der Waals surface area contributed by atoms with Crippen molar-refractivity contribution in [3.05, 3.63) is 85.7 Å². The smallest absolute Gasteiger partial charge is 0.257 e. The minimum absolute atomic E-state index is 0.107. The molecule has 1 aromatic carbocycles. The number of H-pyrrole nitrogens is 1. The molecule has 3 N–H and O–H groups in total. The standard InChI is InChI=1S/C23H24ClN5O3S/c1-28(13-20(30)18-7-8-26-27-18)11-16-9-19-22(33-16)21(31)17(12-29(19)2)23(32)25-10-14-3-5-15(24)6-4-14/h3-9,12,20,30H,10-11,13H2,1-2H3,(H,25,32)(H,26,27). The Morgan fingerprint density at radius 2 is 2.09 bits per heavy atom. The maximum absolute atomic E-state index is 13.1. The number of halogens is 1. The van der Waals surface area contributed by atoms with Crippen molar-refractivity contribution in [3.63, 3.8) is 0 Å². The van der Waals surface area contributed by atoms with E-state index in [1.54, 1.807) is 35.2 Å². The summed E-state index contributed by atoms with van der Waals surface area (Å²) in [4.78, 5) is 28.7. The number of fused-ring (bicyclic) bond motifs is 1.